The highest BCUT2D eigenvalue weighted by Crippen LogP contribution is 2.33. The van der Waals surface area contributed by atoms with Crippen molar-refractivity contribution in [2.24, 2.45) is 17.8 Å². The molecule has 1 saturated heterocycles. The normalized spacial score (nSPS) is 15.3. The van der Waals surface area contributed by atoms with Crippen LogP contribution in [-0.2, 0) is 95.9 Å². The second kappa shape index (κ2) is 52.8. The summed E-state index contributed by atoms with van der Waals surface area (Å²) in [5.74, 6) is -15.1. The summed E-state index contributed by atoms with van der Waals surface area (Å²) in [6.45, 7) is 13.8. The first-order chi connectivity index (χ1) is 56.8. The number of urea groups is 2. The number of thiazole rings is 1. The van der Waals surface area contributed by atoms with Gasteiger partial charge in [-0.15, -0.1) is 11.3 Å². The highest BCUT2D eigenvalue weighted by Gasteiger charge is 2.41. The fourth-order valence-corrected chi connectivity index (χ4v) is 15.2. The molecule has 40 nitrogen and oxygen atoms in total. The Balaban J connectivity index is 1.26. The van der Waals surface area contributed by atoms with Crippen molar-refractivity contribution in [1.29, 1.82) is 0 Å². The number of piperidine rings is 1. The summed E-state index contributed by atoms with van der Waals surface area (Å²) >= 11 is 1.02. The number of carbonyl (C=O) groups excluding carboxylic acids is 12. The molecule has 3 aromatic rings. The highest BCUT2D eigenvalue weighted by atomic mass is 33.1. The smallest absolute Gasteiger partial charge is 0.426 e. The van der Waals surface area contributed by atoms with Crippen LogP contribution in [0.3, 0.4) is 0 Å². The number of phenolic OH excluding ortho intramolecular Hbond substituents is 1. The van der Waals surface area contributed by atoms with Gasteiger partial charge in [-0.1, -0.05) is 112 Å². The van der Waals surface area contributed by atoms with E-state index in [1.807, 2.05) is 51.9 Å². The number of phenols is 1. The molecule has 0 radical (unpaired) electrons. The first kappa shape index (κ1) is 101. The third kappa shape index (κ3) is 37.9. The highest BCUT2D eigenvalue weighted by molar-refractivity contribution is 8.76. The maximum atomic E-state index is 15.0. The monoisotopic (exact) mass is 1740 g/mol. The largest absolute Gasteiger partial charge is 0.508 e. The molecule has 4 rings (SSSR count). The number of benzene rings is 2. The van der Waals surface area contributed by atoms with Crippen molar-refractivity contribution in [2.45, 2.75) is 225 Å². The number of likely N-dealkylation sites (N-methyl/N-ethyl adjacent to an activating group) is 1. The van der Waals surface area contributed by atoms with E-state index >= 15 is 4.79 Å². The lowest BCUT2D eigenvalue weighted by Crippen LogP contribution is -2.59. The summed E-state index contributed by atoms with van der Waals surface area (Å²) in [6, 6.07) is 0.118. The SMILES string of the molecule is CCCC(=O)OCN(C(=O)[C@@H](NC(=O)[C@H]1CCCCN1C)C(C)CC)[C@H](C[C@@H](OC(C)=O)c1nc(C(=O)N[C@@H](Cc2ccc(O)cc2)C[C@H](C)C(=O)NNC(=O)OCCSSC[C@@H](C)NC(=O)[C@H](CC(=O)O)NC(=O)[C@H](CC(=O)O)NC(=O)Cc2ccc(CNC(=O)NCCCC[C@H](NC(=O)N[C@@H](CC(=O)O)C(=O)O)C(=O)O)cc2)cs1)C(C)C. The van der Waals surface area contributed by atoms with E-state index < -0.39 is 188 Å². The first-order valence-electron chi connectivity index (χ1n) is 39.1. The molecule has 43 heteroatoms. The fraction of sp³-hybridized carbons (Fsp3) is 0.584. The Bertz CT molecular complexity index is 3970. The minimum Gasteiger partial charge on any atom is -0.508 e. The minimum absolute atomic E-state index is 0.000337. The van der Waals surface area contributed by atoms with Crippen molar-refractivity contribution in [3.63, 3.8) is 0 Å². The van der Waals surface area contributed by atoms with E-state index in [1.54, 1.807) is 38.1 Å². The van der Waals surface area contributed by atoms with Gasteiger partial charge in [-0.2, -0.15) is 0 Å². The van der Waals surface area contributed by atoms with Gasteiger partial charge in [-0.05, 0) is 113 Å². The Kier molecular flexibility index (Phi) is 44.5. The average molecular weight is 1750 g/mol. The molecule has 1 aromatic heterocycles. The molecule has 0 aliphatic carbocycles. The molecule has 0 spiro atoms. The number of hydrazine groups is 1. The Morgan fingerprint density at radius 2 is 1.27 bits per heavy atom. The van der Waals surface area contributed by atoms with Gasteiger partial charge in [0.1, 0.15) is 53.3 Å². The van der Waals surface area contributed by atoms with E-state index in [9.17, 15) is 97.1 Å². The lowest BCUT2D eigenvalue weighted by Gasteiger charge is -2.39. The molecular formula is C77H112N14O26S3. The van der Waals surface area contributed by atoms with E-state index in [2.05, 4.69) is 58.4 Å². The summed E-state index contributed by atoms with van der Waals surface area (Å²) in [7, 11) is 4.30. The number of hydrogen-bond acceptors (Lipinski definition) is 26. The zero-order valence-corrected chi connectivity index (χ0v) is 70.8. The van der Waals surface area contributed by atoms with Crippen LogP contribution in [0.5, 0.6) is 5.75 Å². The lowest BCUT2D eigenvalue weighted by molar-refractivity contribution is -0.160. The number of amides is 12. The van der Waals surface area contributed by atoms with Crippen molar-refractivity contribution in [1.82, 2.24) is 73.5 Å². The van der Waals surface area contributed by atoms with Crippen LogP contribution in [0, 0.1) is 17.8 Å². The number of aromatic nitrogens is 1. The quantitative estimate of drug-likeness (QED) is 0.00953. The Hall–Kier alpha value is -11.1. The molecule has 1 aliphatic heterocycles. The molecule has 1 aliphatic rings. The van der Waals surface area contributed by atoms with Crippen LogP contribution in [0.25, 0.3) is 0 Å². The van der Waals surface area contributed by atoms with Gasteiger partial charge in [0.15, 0.2) is 12.8 Å². The second-order valence-electron chi connectivity index (χ2n) is 29.2. The molecule has 12 amide bonds. The van der Waals surface area contributed by atoms with Crippen LogP contribution in [-0.4, -0.2) is 246 Å². The maximum absolute atomic E-state index is 15.0. The van der Waals surface area contributed by atoms with Crippen LogP contribution < -0.4 is 58.7 Å². The number of hydrogen-bond donors (Lipinski definition) is 17. The van der Waals surface area contributed by atoms with Crippen LogP contribution in [0.15, 0.2) is 53.9 Å². The molecular weight excluding hydrogens is 1630 g/mol. The van der Waals surface area contributed by atoms with E-state index in [0.717, 1.165) is 30.7 Å². The minimum atomic E-state index is -1.80. The Labute approximate surface area is 705 Å². The maximum Gasteiger partial charge on any atom is 0.426 e. The lowest BCUT2D eigenvalue weighted by atomic mass is 9.92. The number of likely N-dealkylation sites (tertiary alicyclic amines) is 1. The van der Waals surface area contributed by atoms with E-state index in [0.29, 0.717) is 36.0 Å². The van der Waals surface area contributed by atoms with Gasteiger partial charge in [0, 0.05) is 73.8 Å². The molecule has 120 heavy (non-hydrogen) atoms. The molecule has 1 unspecified atom stereocenters. The number of esters is 2. The van der Waals surface area contributed by atoms with Crippen molar-refractivity contribution in [3.8, 4) is 5.75 Å². The number of nitrogens with one attached hydrogen (secondary N) is 11. The topological polar surface area (TPSA) is 591 Å². The molecule has 1 fully saturated rings. The fourth-order valence-electron chi connectivity index (χ4n) is 12.3. The molecule has 17 N–H and O–H groups in total. The summed E-state index contributed by atoms with van der Waals surface area (Å²) in [6.07, 6.45) is -1.45. The Morgan fingerprint density at radius 3 is 1.88 bits per heavy atom. The molecule has 12 atom stereocenters. The van der Waals surface area contributed by atoms with Crippen molar-refractivity contribution in [3.05, 3.63) is 81.3 Å². The molecule has 0 saturated carbocycles. The molecule has 0 bridgehead atoms. The van der Waals surface area contributed by atoms with E-state index in [1.165, 1.54) is 63.1 Å². The van der Waals surface area contributed by atoms with Gasteiger partial charge in [0.25, 0.3) is 5.91 Å². The summed E-state index contributed by atoms with van der Waals surface area (Å²) in [4.78, 5) is 225. The first-order valence-corrected chi connectivity index (χ1v) is 42.5. The van der Waals surface area contributed by atoms with Crippen LogP contribution in [0.1, 0.15) is 184 Å². The third-order valence-electron chi connectivity index (χ3n) is 18.9. The number of ether oxygens (including phenoxy) is 3. The van der Waals surface area contributed by atoms with Crippen molar-refractivity contribution < 1.29 is 126 Å². The number of rotatable bonds is 52. The van der Waals surface area contributed by atoms with E-state index in [-0.39, 0.29) is 117 Å². The predicted molar refractivity (Wildman–Crippen MR) is 436 cm³/mol. The summed E-state index contributed by atoms with van der Waals surface area (Å²) in [5.41, 5.74) is 6.07. The van der Waals surface area contributed by atoms with Crippen LogP contribution >= 0.6 is 32.9 Å². The Morgan fingerprint density at radius 1 is 0.658 bits per heavy atom. The van der Waals surface area contributed by atoms with Gasteiger partial charge in [-0.25, -0.2) is 34.4 Å². The van der Waals surface area contributed by atoms with Crippen molar-refractivity contribution in [2.75, 3.05) is 45.0 Å². The standard InChI is InChI=1S/C77H112N14O26S3/c1-10-16-64(101)116-41-91(72(107)65(43(5)11-2)87-70(106)57-18-13-15-28-90(57)9)58(42(3)4)37-59(117-46(8)92)71-84-56(40-118-71)69(105)81-50(32-47-23-25-51(93)26-24-47)31-44(6)66(102)88-89-77(114)115-29-30-119-120-39-45(7)80-67(103)54(35-62(97)98)83-68(104)53(34-61(95)96)82-60(94)33-48-19-21-49(22-20-48)38-79-75(112)78-27-14-12-17-52(73(108)109)85-76(113)86-55(74(110)111)36-63(99)100/h19-26,40,42-45,50,52-55,57-59,65,93H,10-18,27-39,41H2,1-9H3,(H,80,103)(H,81,105)(H,82,94)(H,83,104)(H,87,106)(H,88,102)(H,89,114)(H,95,96)(H,97,98)(H,99,100)(H,108,109)(H,110,111)(H2,78,79,112)(H2,85,86,113)/t43?,44-,45+,50+,52-,53-,54-,55-,57+,58+,59+,65-/m0/s1. The van der Waals surface area contributed by atoms with Crippen LogP contribution in [0.4, 0.5) is 14.4 Å². The number of carboxylic acids is 5. The molecule has 664 valence electrons. The molecule has 2 heterocycles. The average Bonchev–Trinajstić information content (AvgIpc) is 1.44. The van der Waals surface area contributed by atoms with Gasteiger partial charge >= 0.3 is 59.9 Å². The predicted octanol–water partition coefficient (Wildman–Crippen LogP) is 3.83. The number of carbonyl (C=O) groups is 17. The zero-order chi connectivity index (χ0) is 89.3. The number of carboxylic acid groups (broad SMARTS) is 5. The second-order valence-corrected chi connectivity index (χ2v) is 32.7. The van der Waals surface area contributed by atoms with Gasteiger partial charge in [-0.3, -0.25) is 67.9 Å². The number of nitrogens with zero attached hydrogens (tertiary/aromatic N) is 3. The number of aliphatic carboxylic acids is 5. The van der Waals surface area contributed by atoms with Crippen LogP contribution in [0.2, 0.25) is 0 Å². The van der Waals surface area contributed by atoms with Gasteiger partial charge < -0.3 is 97.6 Å². The zero-order valence-electron chi connectivity index (χ0n) is 68.4. The number of aromatic hydroxyl groups is 1. The third-order valence-corrected chi connectivity index (χ3v) is 22.4. The number of unbranched alkanes of at least 4 members (excludes halogenated alkanes) is 1. The van der Waals surface area contributed by atoms with Gasteiger partial charge in [0.05, 0.1) is 31.7 Å². The summed E-state index contributed by atoms with van der Waals surface area (Å²) in [5, 5.41) is 80.7. The summed E-state index contributed by atoms with van der Waals surface area (Å²) < 4.78 is 16.8. The van der Waals surface area contributed by atoms with E-state index in [4.69, 9.17) is 24.4 Å². The van der Waals surface area contributed by atoms with Gasteiger partial charge in [0.2, 0.25) is 35.4 Å². The van der Waals surface area contributed by atoms with Crippen molar-refractivity contribution >= 4 is 134 Å². The molecule has 2 aromatic carbocycles.